The van der Waals surface area contributed by atoms with E-state index in [9.17, 15) is 9.59 Å². The molecule has 3 aromatic rings. The van der Waals surface area contributed by atoms with Gasteiger partial charge in [0.2, 0.25) is 6.79 Å². The molecule has 38 heavy (non-hydrogen) atoms. The summed E-state index contributed by atoms with van der Waals surface area (Å²) in [6.07, 6.45) is 1.69. The maximum atomic E-state index is 13.2. The Labute approximate surface area is 233 Å². The Morgan fingerprint density at radius 3 is 2.74 bits per heavy atom. The summed E-state index contributed by atoms with van der Waals surface area (Å²) in [4.78, 5) is 27.4. The number of carbonyl (C=O) groups is 2. The first-order valence-corrected chi connectivity index (χ1v) is 13.0. The van der Waals surface area contributed by atoms with Crippen molar-refractivity contribution in [2.45, 2.75) is 6.54 Å². The van der Waals surface area contributed by atoms with Gasteiger partial charge in [0.25, 0.3) is 11.8 Å². The van der Waals surface area contributed by atoms with Crippen LogP contribution in [-0.4, -0.2) is 41.5 Å². The molecule has 5 rings (SSSR count). The Morgan fingerprint density at radius 1 is 1.16 bits per heavy atom. The Kier molecular flexibility index (Phi) is 7.73. The normalized spacial score (nSPS) is 15.2. The summed E-state index contributed by atoms with van der Waals surface area (Å²) in [7, 11) is 1.47. The number of nitrogens with one attached hydrogen (secondary N) is 1. The third kappa shape index (κ3) is 5.72. The third-order valence-corrected chi connectivity index (χ3v) is 7.26. The Morgan fingerprint density at radius 2 is 1.95 bits per heavy atom. The van der Waals surface area contributed by atoms with Crippen LogP contribution < -0.4 is 24.3 Å². The van der Waals surface area contributed by atoms with Crippen LogP contribution in [-0.2, 0) is 16.1 Å². The molecule has 0 aromatic heterocycles. The van der Waals surface area contributed by atoms with Crippen molar-refractivity contribution in [3.63, 3.8) is 0 Å². The number of thioether (sulfide) groups is 1. The molecule has 0 aliphatic carbocycles. The lowest BCUT2D eigenvalue weighted by molar-refractivity contribution is -0.122. The lowest BCUT2D eigenvalue weighted by Crippen LogP contribution is -2.27. The van der Waals surface area contributed by atoms with E-state index in [0.29, 0.717) is 44.3 Å². The first kappa shape index (κ1) is 25.9. The number of methoxy groups -OCH3 is 1. The van der Waals surface area contributed by atoms with E-state index in [2.05, 4.69) is 5.32 Å². The van der Waals surface area contributed by atoms with Crippen LogP contribution in [0.4, 0.5) is 5.69 Å². The number of benzene rings is 3. The van der Waals surface area contributed by atoms with E-state index in [0.717, 1.165) is 5.56 Å². The first-order valence-electron chi connectivity index (χ1n) is 11.4. The molecule has 3 aromatic carbocycles. The zero-order valence-corrected chi connectivity index (χ0v) is 22.5. The largest absolute Gasteiger partial charge is 0.493 e. The van der Waals surface area contributed by atoms with E-state index in [1.165, 1.54) is 23.8 Å². The number of halogens is 1. The van der Waals surface area contributed by atoms with Gasteiger partial charge in [0, 0.05) is 5.69 Å². The molecule has 0 bridgehead atoms. The highest BCUT2D eigenvalue weighted by Gasteiger charge is 2.32. The van der Waals surface area contributed by atoms with Crippen LogP contribution >= 0.6 is 35.6 Å². The number of carbonyl (C=O) groups excluding carboxylic acids is 2. The second kappa shape index (κ2) is 11.3. The van der Waals surface area contributed by atoms with Crippen LogP contribution in [0.3, 0.4) is 0 Å². The topological polar surface area (TPSA) is 86.3 Å². The second-order valence-corrected chi connectivity index (χ2v) is 10.3. The first-order chi connectivity index (χ1) is 18.4. The van der Waals surface area contributed by atoms with Crippen LogP contribution in [0.1, 0.15) is 11.1 Å². The van der Waals surface area contributed by atoms with E-state index in [4.69, 9.17) is 42.8 Å². The fourth-order valence-electron chi connectivity index (χ4n) is 3.83. The van der Waals surface area contributed by atoms with E-state index >= 15 is 0 Å². The van der Waals surface area contributed by atoms with Crippen molar-refractivity contribution < 1.29 is 28.5 Å². The summed E-state index contributed by atoms with van der Waals surface area (Å²) in [5.41, 5.74) is 2.15. The van der Waals surface area contributed by atoms with Crippen LogP contribution in [0.25, 0.3) is 6.08 Å². The van der Waals surface area contributed by atoms with Gasteiger partial charge in [0.15, 0.2) is 29.6 Å². The van der Waals surface area contributed by atoms with Crippen molar-refractivity contribution >= 4 is 63.5 Å². The predicted octanol–water partition coefficient (Wildman–Crippen LogP) is 5.50. The quantitative estimate of drug-likeness (QED) is 0.282. The molecule has 0 unspecified atom stereocenters. The molecule has 2 aliphatic rings. The van der Waals surface area contributed by atoms with Gasteiger partial charge in [-0.2, -0.15) is 0 Å². The molecule has 1 fully saturated rings. The number of rotatable bonds is 8. The minimum absolute atomic E-state index is 0.180. The summed E-state index contributed by atoms with van der Waals surface area (Å²) in [6, 6.07) is 17.9. The fourth-order valence-corrected chi connectivity index (χ4v) is 5.36. The lowest BCUT2D eigenvalue weighted by atomic mass is 10.1. The van der Waals surface area contributed by atoms with Crippen molar-refractivity contribution in [1.82, 2.24) is 4.90 Å². The molecule has 0 spiro atoms. The number of para-hydroxylation sites is 1. The summed E-state index contributed by atoms with van der Waals surface area (Å²) in [6.45, 7) is 0.225. The molecule has 2 heterocycles. The van der Waals surface area contributed by atoms with Gasteiger partial charge in [-0.25, -0.2) is 0 Å². The van der Waals surface area contributed by atoms with Gasteiger partial charge in [-0.05, 0) is 53.6 Å². The number of hydrogen-bond donors (Lipinski definition) is 1. The molecule has 2 aliphatic heterocycles. The van der Waals surface area contributed by atoms with E-state index in [1.807, 2.05) is 36.4 Å². The number of fused-ring (bicyclic) bond motifs is 1. The van der Waals surface area contributed by atoms with Gasteiger partial charge in [-0.15, -0.1) is 0 Å². The highest BCUT2D eigenvalue weighted by Crippen LogP contribution is 2.40. The number of thiocarbonyl (C=S) groups is 1. The zero-order chi connectivity index (χ0) is 26.6. The van der Waals surface area contributed by atoms with E-state index in [1.54, 1.807) is 30.3 Å². The van der Waals surface area contributed by atoms with E-state index in [-0.39, 0.29) is 36.0 Å². The maximum absolute atomic E-state index is 13.2. The highest BCUT2D eigenvalue weighted by molar-refractivity contribution is 8.26. The van der Waals surface area contributed by atoms with Crippen LogP contribution in [0.15, 0.2) is 65.6 Å². The zero-order valence-electron chi connectivity index (χ0n) is 20.1. The smallest absolute Gasteiger partial charge is 0.266 e. The molecular weight excluding hydrogens is 548 g/mol. The molecule has 0 radical (unpaired) electrons. The van der Waals surface area contributed by atoms with E-state index < -0.39 is 0 Å². The summed E-state index contributed by atoms with van der Waals surface area (Å²) in [5.74, 6) is 1.31. The monoisotopic (exact) mass is 568 g/mol. The second-order valence-electron chi connectivity index (χ2n) is 8.19. The van der Waals surface area contributed by atoms with Crippen LogP contribution in [0.2, 0.25) is 5.02 Å². The fraction of sp³-hybridized carbons (Fsp3) is 0.148. The van der Waals surface area contributed by atoms with Gasteiger partial charge < -0.3 is 24.3 Å². The van der Waals surface area contributed by atoms with Gasteiger partial charge in [-0.3, -0.25) is 14.5 Å². The lowest BCUT2D eigenvalue weighted by Gasteiger charge is -2.15. The van der Waals surface area contributed by atoms with Gasteiger partial charge >= 0.3 is 0 Å². The predicted molar refractivity (Wildman–Crippen MR) is 150 cm³/mol. The summed E-state index contributed by atoms with van der Waals surface area (Å²) >= 11 is 13.2. The summed E-state index contributed by atoms with van der Waals surface area (Å²) in [5, 5.41) is 2.98. The highest BCUT2D eigenvalue weighted by atomic mass is 35.5. The van der Waals surface area contributed by atoms with Crippen LogP contribution in [0.5, 0.6) is 23.0 Å². The van der Waals surface area contributed by atoms with Crippen molar-refractivity contribution in [3.05, 3.63) is 81.7 Å². The minimum atomic E-state index is -0.343. The Bertz CT molecular complexity index is 1450. The third-order valence-electron chi connectivity index (χ3n) is 5.61. The molecule has 1 N–H and O–H groups in total. The van der Waals surface area contributed by atoms with Crippen LogP contribution in [0, 0.1) is 0 Å². The molecule has 0 atom stereocenters. The van der Waals surface area contributed by atoms with Gasteiger partial charge in [-0.1, -0.05) is 59.8 Å². The van der Waals surface area contributed by atoms with Crippen molar-refractivity contribution in [2.24, 2.45) is 0 Å². The molecule has 1 saturated heterocycles. The van der Waals surface area contributed by atoms with Crippen molar-refractivity contribution in [2.75, 3.05) is 25.8 Å². The number of hydrogen-bond acceptors (Lipinski definition) is 8. The van der Waals surface area contributed by atoms with Gasteiger partial charge in [0.05, 0.1) is 23.6 Å². The SMILES string of the molecule is COc1cc(/C=C2\SC(=S)N(Cc3ccc4c(c3)OCO4)C2=O)cc(Cl)c1OCC(=O)Nc1ccccc1. The number of ether oxygens (including phenoxy) is 4. The Hall–Kier alpha value is -3.73. The van der Waals surface area contributed by atoms with Gasteiger partial charge in [0.1, 0.15) is 4.32 Å². The average molecular weight is 569 g/mol. The molecule has 2 amide bonds. The maximum Gasteiger partial charge on any atom is 0.266 e. The molecule has 11 heteroatoms. The Balaban J connectivity index is 1.28. The number of anilines is 1. The average Bonchev–Trinajstić information content (AvgIpc) is 3.48. The number of nitrogens with zero attached hydrogens (tertiary/aromatic N) is 1. The molecule has 194 valence electrons. The summed E-state index contributed by atoms with van der Waals surface area (Å²) < 4.78 is 22.3. The molecular formula is C27H21ClN2O6S2. The number of amides is 2. The minimum Gasteiger partial charge on any atom is -0.493 e. The molecule has 8 nitrogen and oxygen atoms in total. The standard InChI is InChI=1S/C27H21ClN2O6S2/c1-33-22-11-17(9-19(28)25(22)34-14-24(31)29-18-5-3-2-4-6-18)12-23-26(32)30(27(37)38-23)13-16-7-8-20-21(10-16)36-15-35-20/h2-12H,13-15H2,1H3,(H,29,31)/b23-12-. The van der Waals surface area contributed by atoms with Crippen molar-refractivity contribution in [3.8, 4) is 23.0 Å². The molecule has 0 saturated carbocycles. The van der Waals surface area contributed by atoms with Crippen molar-refractivity contribution in [1.29, 1.82) is 0 Å².